The number of ether oxygens (including phenoxy) is 1. The molecule has 10 heteroatoms. The molecule has 4 atom stereocenters. The molecular formula is C24H27Cl2NO6S. The van der Waals surface area contributed by atoms with Gasteiger partial charge in [0.1, 0.15) is 12.2 Å². The Kier molecular flexibility index (Phi) is 8.62. The highest BCUT2D eigenvalue weighted by Gasteiger charge is 2.47. The Balaban J connectivity index is 2.20. The van der Waals surface area contributed by atoms with Crippen molar-refractivity contribution in [1.29, 1.82) is 0 Å². The number of hydrogen-bond acceptors (Lipinski definition) is 5. The lowest BCUT2D eigenvalue weighted by atomic mass is 9.89. The van der Waals surface area contributed by atoms with Crippen molar-refractivity contribution in [3.63, 3.8) is 0 Å². The van der Waals surface area contributed by atoms with Crippen molar-refractivity contribution >= 4 is 44.9 Å². The van der Waals surface area contributed by atoms with Crippen molar-refractivity contribution in [3.8, 4) is 0 Å². The van der Waals surface area contributed by atoms with Crippen LogP contribution in [0.4, 0.5) is 0 Å². The first-order valence-electron chi connectivity index (χ1n) is 11.0. The maximum Gasteiger partial charge on any atom is 0.306 e. The molecule has 0 radical (unpaired) electrons. The highest BCUT2D eigenvalue weighted by Crippen LogP contribution is 2.44. The minimum Gasteiger partial charge on any atom is -0.481 e. The summed E-state index contributed by atoms with van der Waals surface area (Å²) < 4.78 is 31.2. The van der Waals surface area contributed by atoms with Gasteiger partial charge in [0.15, 0.2) is 9.84 Å². The van der Waals surface area contributed by atoms with Crippen molar-refractivity contribution in [2.75, 3.05) is 11.5 Å². The fourth-order valence-corrected chi connectivity index (χ4v) is 5.75. The summed E-state index contributed by atoms with van der Waals surface area (Å²) in [6.07, 6.45) is -2.24. The summed E-state index contributed by atoms with van der Waals surface area (Å²) in [7, 11) is -3.44. The maximum atomic E-state index is 13.6. The van der Waals surface area contributed by atoms with E-state index in [4.69, 9.17) is 27.9 Å². The number of carbonyl (C=O) groups is 2. The molecule has 1 fully saturated rings. The molecule has 34 heavy (non-hydrogen) atoms. The zero-order valence-electron chi connectivity index (χ0n) is 18.9. The van der Waals surface area contributed by atoms with E-state index < -0.39 is 52.4 Å². The van der Waals surface area contributed by atoms with Crippen LogP contribution in [0.3, 0.4) is 0 Å². The molecule has 0 bridgehead atoms. The largest absolute Gasteiger partial charge is 0.481 e. The second-order valence-corrected chi connectivity index (χ2v) is 11.5. The summed E-state index contributed by atoms with van der Waals surface area (Å²) in [4.78, 5) is 26.7. The van der Waals surface area contributed by atoms with E-state index in [0.29, 0.717) is 27.6 Å². The third-order valence-electron chi connectivity index (χ3n) is 5.93. The summed E-state index contributed by atoms with van der Waals surface area (Å²) in [6, 6.07) is 12.4. The highest BCUT2D eigenvalue weighted by atomic mass is 35.5. The average Bonchev–Trinajstić information content (AvgIpc) is 2.79. The third kappa shape index (κ3) is 6.10. The lowest BCUT2D eigenvalue weighted by Crippen LogP contribution is -2.56. The molecule has 1 aliphatic heterocycles. The topological polar surface area (TPSA) is 101 Å². The van der Waals surface area contributed by atoms with Gasteiger partial charge in [-0.15, -0.1) is 0 Å². The van der Waals surface area contributed by atoms with Gasteiger partial charge >= 0.3 is 5.97 Å². The van der Waals surface area contributed by atoms with Crippen molar-refractivity contribution in [3.05, 3.63) is 69.7 Å². The van der Waals surface area contributed by atoms with Gasteiger partial charge in [-0.25, -0.2) is 8.42 Å². The Labute approximate surface area is 209 Å². The summed E-state index contributed by atoms with van der Waals surface area (Å²) in [6.45, 7) is 3.36. The highest BCUT2D eigenvalue weighted by molar-refractivity contribution is 7.91. The number of carbonyl (C=O) groups excluding carboxylic acids is 1. The minimum absolute atomic E-state index is 0.0656. The number of morpholine rings is 1. The molecule has 1 heterocycles. The van der Waals surface area contributed by atoms with Gasteiger partial charge in [0.2, 0.25) is 0 Å². The summed E-state index contributed by atoms with van der Waals surface area (Å²) in [5.41, 5.74) is 1.33. The molecule has 2 aromatic carbocycles. The van der Waals surface area contributed by atoms with Crippen LogP contribution in [0.2, 0.25) is 10.0 Å². The van der Waals surface area contributed by atoms with Gasteiger partial charge in [0.25, 0.3) is 5.91 Å². The molecule has 2 aromatic rings. The molecule has 0 saturated carbocycles. The Hall–Kier alpha value is -2.13. The molecular weight excluding hydrogens is 501 g/mol. The van der Waals surface area contributed by atoms with Gasteiger partial charge in [-0.3, -0.25) is 9.59 Å². The number of aliphatic carboxylic acids is 1. The molecule has 184 valence electrons. The van der Waals surface area contributed by atoms with E-state index in [1.807, 2.05) is 0 Å². The average molecular weight is 528 g/mol. The fourth-order valence-electron chi connectivity index (χ4n) is 4.21. The second-order valence-electron chi connectivity index (χ2n) is 8.20. The molecule has 0 spiro atoms. The number of carboxylic acid groups (broad SMARTS) is 1. The first-order valence-corrected chi connectivity index (χ1v) is 13.5. The van der Waals surface area contributed by atoms with Crippen molar-refractivity contribution in [1.82, 2.24) is 4.90 Å². The SMILES string of the molecule is CCC(CS(=O)(=O)CC)N1C(=O)[C@@H](CC(=O)O)O[C@H](c2cccc(Cl)c2)[C@H]1c1ccc(Cl)cc1. The van der Waals surface area contributed by atoms with Crippen LogP contribution in [0.1, 0.15) is 50.0 Å². The van der Waals surface area contributed by atoms with Gasteiger partial charge in [0.05, 0.1) is 18.2 Å². The Morgan fingerprint density at radius 1 is 1.09 bits per heavy atom. The van der Waals surface area contributed by atoms with Crippen LogP contribution in [0.15, 0.2) is 48.5 Å². The number of carboxylic acids is 1. The maximum absolute atomic E-state index is 13.6. The van der Waals surface area contributed by atoms with Gasteiger partial charge in [-0.1, -0.05) is 61.3 Å². The molecule has 7 nitrogen and oxygen atoms in total. The van der Waals surface area contributed by atoms with Gasteiger partial charge in [0, 0.05) is 21.8 Å². The molecule has 1 aliphatic rings. The van der Waals surface area contributed by atoms with Crippen LogP contribution in [-0.2, 0) is 24.2 Å². The van der Waals surface area contributed by atoms with Crippen molar-refractivity contribution in [2.24, 2.45) is 0 Å². The third-order valence-corrected chi connectivity index (χ3v) is 8.19. The first kappa shape index (κ1) is 26.5. The number of benzene rings is 2. The first-order chi connectivity index (χ1) is 16.1. The van der Waals surface area contributed by atoms with Crippen LogP contribution in [-0.4, -0.2) is 54.0 Å². The minimum atomic E-state index is -3.44. The van der Waals surface area contributed by atoms with Crippen LogP contribution < -0.4 is 0 Å². The zero-order chi connectivity index (χ0) is 25.0. The standard InChI is InChI=1S/C24H27Cl2NO6S/c1-3-19(14-34(31,32)4-2)27-22(15-8-10-17(25)11-9-15)23(16-6-5-7-18(26)12-16)33-20(24(27)30)13-21(28)29/h5-12,19-20,22-23H,3-4,13-14H2,1-2H3,(H,28,29)/t19?,20-,22-,23-/m1/s1. The summed E-state index contributed by atoms with van der Waals surface area (Å²) in [5.74, 6) is -2.05. The number of hydrogen-bond donors (Lipinski definition) is 1. The molecule has 3 rings (SSSR count). The quantitative estimate of drug-likeness (QED) is 0.507. The van der Waals surface area contributed by atoms with Crippen LogP contribution in [0.5, 0.6) is 0 Å². The molecule has 1 saturated heterocycles. The molecule has 0 aliphatic carbocycles. The van der Waals surface area contributed by atoms with Crippen LogP contribution in [0.25, 0.3) is 0 Å². The Morgan fingerprint density at radius 2 is 1.76 bits per heavy atom. The number of rotatable bonds is 9. The molecule has 1 amide bonds. The fraction of sp³-hybridized carbons (Fsp3) is 0.417. The van der Waals surface area contributed by atoms with E-state index in [2.05, 4.69) is 0 Å². The normalized spacial score (nSPS) is 21.9. The molecule has 1 N–H and O–H groups in total. The number of nitrogens with zero attached hydrogens (tertiary/aromatic N) is 1. The van der Waals surface area contributed by atoms with Crippen molar-refractivity contribution in [2.45, 2.75) is 51.0 Å². The smallest absolute Gasteiger partial charge is 0.306 e. The van der Waals surface area contributed by atoms with Crippen molar-refractivity contribution < 1.29 is 27.9 Å². The monoisotopic (exact) mass is 527 g/mol. The van der Waals surface area contributed by atoms with E-state index in [0.717, 1.165) is 0 Å². The second kappa shape index (κ2) is 11.1. The zero-order valence-corrected chi connectivity index (χ0v) is 21.2. The lowest BCUT2D eigenvalue weighted by molar-refractivity contribution is -0.182. The predicted molar refractivity (Wildman–Crippen MR) is 131 cm³/mol. The van der Waals surface area contributed by atoms with Crippen LogP contribution >= 0.6 is 23.2 Å². The molecule has 0 aromatic heterocycles. The number of amides is 1. The summed E-state index contributed by atoms with van der Waals surface area (Å²) in [5, 5.41) is 10.4. The van der Waals surface area contributed by atoms with E-state index in [9.17, 15) is 23.1 Å². The Bertz CT molecular complexity index is 1140. The van der Waals surface area contributed by atoms with Gasteiger partial charge in [-0.05, 0) is 41.8 Å². The van der Waals surface area contributed by atoms with E-state index in [1.165, 1.54) is 4.90 Å². The number of sulfone groups is 1. The molecule has 1 unspecified atom stereocenters. The Morgan fingerprint density at radius 3 is 2.32 bits per heavy atom. The predicted octanol–water partition coefficient (Wildman–Crippen LogP) is 4.69. The van der Waals surface area contributed by atoms with Gasteiger partial charge < -0.3 is 14.7 Å². The van der Waals surface area contributed by atoms with E-state index >= 15 is 0 Å². The van der Waals surface area contributed by atoms with Gasteiger partial charge in [-0.2, -0.15) is 0 Å². The van der Waals surface area contributed by atoms with Crippen LogP contribution in [0, 0.1) is 0 Å². The summed E-state index contributed by atoms with van der Waals surface area (Å²) >= 11 is 12.3. The number of halogens is 2. The van der Waals surface area contributed by atoms with E-state index in [1.54, 1.807) is 62.4 Å². The lowest BCUT2D eigenvalue weighted by Gasteiger charge is -2.48. The van der Waals surface area contributed by atoms with E-state index in [-0.39, 0.29) is 11.5 Å².